The second-order valence-corrected chi connectivity index (χ2v) is 7.98. The van der Waals surface area contributed by atoms with Crippen LogP contribution < -0.4 is 5.32 Å². The summed E-state index contributed by atoms with van der Waals surface area (Å²) < 4.78 is 24.1. The summed E-state index contributed by atoms with van der Waals surface area (Å²) in [6.45, 7) is 1.93. The SMILES string of the molecule is CCCCS(=O)(=O)c1ccc(C(=O)NC2CC(C(=O)O)C2)cc1. The molecule has 0 spiro atoms. The molecule has 1 aromatic rings. The molecular weight excluding hydrogens is 318 g/mol. The lowest BCUT2D eigenvalue weighted by molar-refractivity contribution is -0.145. The Morgan fingerprint density at radius 1 is 1.22 bits per heavy atom. The largest absolute Gasteiger partial charge is 0.481 e. The summed E-state index contributed by atoms with van der Waals surface area (Å²) in [5.41, 5.74) is 0.373. The third-order valence-corrected chi connectivity index (χ3v) is 5.88. The van der Waals surface area contributed by atoms with Crippen molar-refractivity contribution in [2.45, 2.75) is 43.5 Å². The first kappa shape index (κ1) is 17.5. The molecule has 0 bridgehead atoms. The molecule has 0 heterocycles. The summed E-state index contributed by atoms with van der Waals surface area (Å²) in [4.78, 5) is 23.0. The van der Waals surface area contributed by atoms with Crippen LogP contribution in [0.5, 0.6) is 0 Å². The highest BCUT2D eigenvalue weighted by Crippen LogP contribution is 2.27. The summed E-state index contributed by atoms with van der Waals surface area (Å²) in [6, 6.07) is 5.74. The van der Waals surface area contributed by atoms with E-state index in [4.69, 9.17) is 5.11 Å². The van der Waals surface area contributed by atoms with E-state index in [0.29, 0.717) is 24.8 Å². The lowest BCUT2D eigenvalue weighted by atomic mass is 9.80. The molecule has 0 unspecified atom stereocenters. The number of hydrogen-bond donors (Lipinski definition) is 2. The molecule has 1 aromatic carbocycles. The molecule has 7 heteroatoms. The fourth-order valence-electron chi connectivity index (χ4n) is 2.47. The summed E-state index contributed by atoms with van der Waals surface area (Å²) >= 11 is 0. The van der Waals surface area contributed by atoms with E-state index < -0.39 is 15.8 Å². The van der Waals surface area contributed by atoms with Crippen molar-refractivity contribution in [2.75, 3.05) is 5.75 Å². The zero-order valence-electron chi connectivity index (χ0n) is 13.0. The number of hydrogen-bond acceptors (Lipinski definition) is 4. The number of rotatable bonds is 7. The first-order chi connectivity index (χ1) is 10.8. The van der Waals surface area contributed by atoms with Crippen LogP contribution in [0.3, 0.4) is 0 Å². The number of carboxylic acid groups (broad SMARTS) is 1. The van der Waals surface area contributed by atoms with Crippen LogP contribution in [0.15, 0.2) is 29.2 Å². The number of aliphatic carboxylic acids is 1. The highest BCUT2D eigenvalue weighted by atomic mass is 32.2. The lowest BCUT2D eigenvalue weighted by Crippen LogP contribution is -2.46. The minimum Gasteiger partial charge on any atom is -0.481 e. The second-order valence-electron chi connectivity index (χ2n) is 5.87. The third-order valence-electron chi connectivity index (χ3n) is 4.06. The molecule has 1 aliphatic rings. The molecule has 2 N–H and O–H groups in total. The first-order valence-corrected chi connectivity index (χ1v) is 9.35. The normalized spacial score (nSPS) is 20.6. The molecule has 0 atom stereocenters. The van der Waals surface area contributed by atoms with Gasteiger partial charge in [0.25, 0.3) is 5.91 Å². The van der Waals surface area contributed by atoms with Gasteiger partial charge in [0.05, 0.1) is 16.6 Å². The fourth-order valence-corrected chi connectivity index (χ4v) is 3.93. The highest BCUT2D eigenvalue weighted by Gasteiger charge is 2.35. The predicted molar refractivity (Wildman–Crippen MR) is 85.0 cm³/mol. The van der Waals surface area contributed by atoms with Crippen LogP contribution >= 0.6 is 0 Å². The van der Waals surface area contributed by atoms with Gasteiger partial charge in [-0.25, -0.2) is 8.42 Å². The summed E-state index contributed by atoms with van der Waals surface area (Å²) in [5, 5.41) is 11.6. The molecule has 1 amide bonds. The number of amides is 1. The van der Waals surface area contributed by atoms with E-state index >= 15 is 0 Å². The van der Waals surface area contributed by atoms with Gasteiger partial charge in [-0.1, -0.05) is 13.3 Å². The molecule has 1 fully saturated rings. The van der Waals surface area contributed by atoms with E-state index in [2.05, 4.69) is 5.32 Å². The van der Waals surface area contributed by atoms with Crippen LogP contribution in [-0.2, 0) is 14.6 Å². The summed E-state index contributed by atoms with van der Waals surface area (Å²) in [6.07, 6.45) is 2.28. The van der Waals surface area contributed by atoms with Crippen molar-refractivity contribution in [1.82, 2.24) is 5.32 Å². The van der Waals surface area contributed by atoms with Gasteiger partial charge in [-0.3, -0.25) is 9.59 Å². The number of carboxylic acids is 1. The molecular formula is C16H21NO5S. The van der Waals surface area contributed by atoms with Crippen molar-refractivity contribution in [3.63, 3.8) is 0 Å². The van der Waals surface area contributed by atoms with Crippen molar-refractivity contribution in [3.8, 4) is 0 Å². The highest BCUT2D eigenvalue weighted by molar-refractivity contribution is 7.91. The minimum absolute atomic E-state index is 0.105. The zero-order chi connectivity index (χ0) is 17.0. The van der Waals surface area contributed by atoms with Gasteiger partial charge < -0.3 is 10.4 Å². The Hall–Kier alpha value is -1.89. The van der Waals surface area contributed by atoms with Crippen molar-refractivity contribution >= 4 is 21.7 Å². The van der Waals surface area contributed by atoms with E-state index in [1.807, 2.05) is 6.92 Å². The smallest absolute Gasteiger partial charge is 0.306 e. The van der Waals surface area contributed by atoms with Crippen molar-refractivity contribution in [1.29, 1.82) is 0 Å². The quantitative estimate of drug-likeness (QED) is 0.789. The van der Waals surface area contributed by atoms with Crippen LogP contribution in [0.25, 0.3) is 0 Å². The Morgan fingerprint density at radius 2 is 1.83 bits per heavy atom. The van der Waals surface area contributed by atoms with E-state index in [0.717, 1.165) is 6.42 Å². The van der Waals surface area contributed by atoms with Gasteiger partial charge >= 0.3 is 5.97 Å². The van der Waals surface area contributed by atoms with Crippen LogP contribution in [-0.4, -0.2) is 37.2 Å². The Bertz CT molecular complexity index is 675. The molecule has 0 aromatic heterocycles. The van der Waals surface area contributed by atoms with Gasteiger partial charge in [0.2, 0.25) is 0 Å². The Kier molecular flexibility index (Phi) is 5.41. The van der Waals surface area contributed by atoms with Crippen LogP contribution in [0, 0.1) is 5.92 Å². The van der Waals surface area contributed by atoms with Gasteiger partial charge in [-0.15, -0.1) is 0 Å². The average Bonchev–Trinajstić information content (AvgIpc) is 2.48. The maximum absolute atomic E-state index is 12.0. The van der Waals surface area contributed by atoms with Crippen molar-refractivity contribution in [2.24, 2.45) is 5.92 Å². The molecule has 126 valence electrons. The van der Waals surface area contributed by atoms with Gasteiger partial charge in [0.1, 0.15) is 0 Å². The molecule has 1 aliphatic carbocycles. The predicted octanol–water partition coefficient (Wildman–Crippen LogP) is 1.85. The number of carbonyl (C=O) groups is 2. The monoisotopic (exact) mass is 339 g/mol. The van der Waals surface area contributed by atoms with Gasteiger partial charge in [0.15, 0.2) is 9.84 Å². The number of sulfone groups is 1. The minimum atomic E-state index is -3.30. The Morgan fingerprint density at radius 3 is 2.35 bits per heavy atom. The number of carbonyl (C=O) groups excluding carboxylic acids is 1. The van der Waals surface area contributed by atoms with E-state index in [9.17, 15) is 18.0 Å². The zero-order valence-corrected chi connectivity index (χ0v) is 13.8. The fraction of sp³-hybridized carbons (Fsp3) is 0.500. The molecule has 2 rings (SSSR count). The maximum atomic E-state index is 12.0. The standard InChI is InChI=1S/C16H21NO5S/c1-2-3-8-23(21,22)14-6-4-11(5-7-14)15(18)17-13-9-12(10-13)16(19)20/h4-7,12-13H,2-3,8-10H2,1H3,(H,17,18)(H,19,20). The maximum Gasteiger partial charge on any atom is 0.306 e. The number of benzene rings is 1. The Balaban J connectivity index is 1.94. The lowest BCUT2D eigenvalue weighted by Gasteiger charge is -2.32. The summed E-state index contributed by atoms with van der Waals surface area (Å²) in [7, 11) is -3.30. The van der Waals surface area contributed by atoms with Gasteiger partial charge in [-0.05, 0) is 43.5 Å². The number of unbranched alkanes of at least 4 members (excludes halogenated alkanes) is 1. The molecule has 0 aliphatic heterocycles. The van der Waals surface area contributed by atoms with E-state index in [1.165, 1.54) is 24.3 Å². The van der Waals surface area contributed by atoms with E-state index in [1.54, 1.807) is 0 Å². The van der Waals surface area contributed by atoms with Gasteiger partial charge in [0, 0.05) is 11.6 Å². The average molecular weight is 339 g/mol. The van der Waals surface area contributed by atoms with Gasteiger partial charge in [-0.2, -0.15) is 0 Å². The van der Waals surface area contributed by atoms with E-state index in [-0.39, 0.29) is 28.5 Å². The topological polar surface area (TPSA) is 101 Å². The molecule has 1 saturated carbocycles. The summed E-state index contributed by atoms with van der Waals surface area (Å²) in [5.74, 6) is -1.42. The number of nitrogens with one attached hydrogen (secondary N) is 1. The molecule has 0 saturated heterocycles. The molecule has 23 heavy (non-hydrogen) atoms. The second kappa shape index (κ2) is 7.12. The van der Waals surface area contributed by atoms with Crippen LogP contribution in [0.2, 0.25) is 0 Å². The third kappa shape index (κ3) is 4.31. The molecule has 6 nitrogen and oxygen atoms in total. The first-order valence-electron chi connectivity index (χ1n) is 7.70. The van der Waals surface area contributed by atoms with Crippen LogP contribution in [0.1, 0.15) is 43.0 Å². The van der Waals surface area contributed by atoms with Crippen molar-refractivity contribution < 1.29 is 23.1 Å². The molecule has 0 radical (unpaired) electrons. The van der Waals surface area contributed by atoms with Crippen LogP contribution in [0.4, 0.5) is 0 Å². The Labute approximate surface area is 135 Å². The van der Waals surface area contributed by atoms with Crippen molar-refractivity contribution in [3.05, 3.63) is 29.8 Å².